The summed E-state index contributed by atoms with van der Waals surface area (Å²) in [6.07, 6.45) is 1.45. The molecule has 144 valence electrons. The minimum atomic E-state index is -0.767. The molecule has 0 radical (unpaired) electrons. The van der Waals surface area contributed by atoms with Gasteiger partial charge in [0.2, 0.25) is 5.91 Å². The van der Waals surface area contributed by atoms with Crippen molar-refractivity contribution in [3.8, 4) is 0 Å². The van der Waals surface area contributed by atoms with Crippen LogP contribution < -0.4 is 11.2 Å². The van der Waals surface area contributed by atoms with Gasteiger partial charge >= 0.3 is 6.09 Å². The molecule has 6 heteroatoms. The molecule has 1 atom stereocenters. The summed E-state index contributed by atoms with van der Waals surface area (Å²) in [4.78, 5) is 24.9. The SMILES string of the molecule is CCCCC(C(=O)NCc1ccccc1)N(N)C(=O)OCc1ccccc1. The largest absolute Gasteiger partial charge is 0.444 e. The lowest BCUT2D eigenvalue weighted by Gasteiger charge is -2.26. The first-order valence-corrected chi connectivity index (χ1v) is 9.18. The summed E-state index contributed by atoms with van der Waals surface area (Å²) in [5, 5.41) is 3.75. The monoisotopic (exact) mass is 369 g/mol. The van der Waals surface area contributed by atoms with E-state index in [0.717, 1.165) is 29.0 Å². The standard InChI is InChI=1S/C21H27N3O3/c1-2-3-14-19(20(25)23-15-17-10-6-4-7-11-17)24(22)21(26)27-16-18-12-8-5-9-13-18/h4-13,19H,2-3,14-16,22H2,1H3,(H,23,25). The van der Waals surface area contributed by atoms with Crippen molar-refractivity contribution in [2.75, 3.05) is 0 Å². The minimum Gasteiger partial charge on any atom is -0.444 e. The van der Waals surface area contributed by atoms with Gasteiger partial charge in [0, 0.05) is 6.54 Å². The van der Waals surface area contributed by atoms with E-state index in [1.807, 2.05) is 67.6 Å². The Labute approximate surface area is 160 Å². The van der Waals surface area contributed by atoms with Gasteiger partial charge in [-0.1, -0.05) is 80.4 Å². The maximum atomic E-state index is 12.6. The highest BCUT2D eigenvalue weighted by molar-refractivity contribution is 5.85. The zero-order valence-electron chi connectivity index (χ0n) is 15.6. The summed E-state index contributed by atoms with van der Waals surface area (Å²) in [5.41, 5.74) is 1.84. The number of ether oxygens (including phenoxy) is 1. The van der Waals surface area contributed by atoms with Crippen molar-refractivity contribution in [2.45, 2.75) is 45.4 Å². The highest BCUT2D eigenvalue weighted by Gasteiger charge is 2.28. The van der Waals surface area contributed by atoms with Crippen LogP contribution in [0.3, 0.4) is 0 Å². The van der Waals surface area contributed by atoms with Crippen LogP contribution in [-0.2, 0) is 22.7 Å². The van der Waals surface area contributed by atoms with Gasteiger partial charge in [-0.25, -0.2) is 15.6 Å². The second kappa shape index (κ2) is 11.0. The van der Waals surface area contributed by atoms with Crippen LogP contribution in [0.25, 0.3) is 0 Å². The quantitative estimate of drug-likeness (QED) is 0.403. The number of hydrogen-bond acceptors (Lipinski definition) is 4. The molecule has 0 aliphatic rings. The molecule has 0 aromatic heterocycles. The second-order valence-corrected chi connectivity index (χ2v) is 6.31. The van der Waals surface area contributed by atoms with E-state index in [-0.39, 0.29) is 12.5 Å². The number of nitrogens with two attached hydrogens (primary N) is 1. The van der Waals surface area contributed by atoms with E-state index >= 15 is 0 Å². The first-order chi connectivity index (χ1) is 13.1. The van der Waals surface area contributed by atoms with Crippen molar-refractivity contribution < 1.29 is 14.3 Å². The Kier molecular flexibility index (Phi) is 8.32. The summed E-state index contributed by atoms with van der Waals surface area (Å²) in [5.74, 6) is 5.65. The van der Waals surface area contributed by atoms with E-state index in [9.17, 15) is 9.59 Å². The molecule has 0 saturated heterocycles. The number of nitrogens with one attached hydrogen (secondary N) is 1. The number of hydrazine groups is 1. The van der Waals surface area contributed by atoms with Gasteiger partial charge in [0.05, 0.1) is 0 Å². The molecule has 1 unspecified atom stereocenters. The molecule has 0 bridgehead atoms. The number of carbonyl (C=O) groups excluding carboxylic acids is 2. The van der Waals surface area contributed by atoms with E-state index in [4.69, 9.17) is 10.6 Å². The lowest BCUT2D eigenvalue weighted by Crippen LogP contribution is -2.53. The van der Waals surface area contributed by atoms with Crippen molar-refractivity contribution in [3.05, 3.63) is 71.8 Å². The number of rotatable bonds is 9. The smallest absolute Gasteiger partial charge is 0.425 e. The first-order valence-electron chi connectivity index (χ1n) is 9.18. The van der Waals surface area contributed by atoms with Crippen LogP contribution in [-0.4, -0.2) is 23.1 Å². The fourth-order valence-electron chi connectivity index (χ4n) is 2.62. The molecule has 27 heavy (non-hydrogen) atoms. The maximum Gasteiger partial charge on any atom is 0.425 e. The Morgan fingerprint density at radius 2 is 1.63 bits per heavy atom. The van der Waals surface area contributed by atoms with Crippen molar-refractivity contribution in [2.24, 2.45) is 5.84 Å². The van der Waals surface area contributed by atoms with Crippen LogP contribution >= 0.6 is 0 Å². The molecule has 2 rings (SSSR count). The highest BCUT2D eigenvalue weighted by Crippen LogP contribution is 2.10. The van der Waals surface area contributed by atoms with Crippen molar-refractivity contribution in [3.63, 3.8) is 0 Å². The lowest BCUT2D eigenvalue weighted by molar-refractivity contribution is -0.126. The van der Waals surface area contributed by atoms with Gasteiger partial charge in [-0.05, 0) is 17.5 Å². The average Bonchev–Trinajstić information content (AvgIpc) is 2.72. The van der Waals surface area contributed by atoms with Crippen LogP contribution in [0.5, 0.6) is 0 Å². The molecule has 2 amide bonds. The molecule has 3 N–H and O–H groups in total. The first kappa shape index (κ1) is 20.5. The molecule has 0 fully saturated rings. The topological polar surface area (TPSA) is 84.7 Å². The van der Waals surface area contributed by atoms with Crippen LogP contribution in [0, 0.1) is 0 Å². The van der Waals surface area contributed by atoms with Gasteiger partial charge in [-0.15, -0.1) is 0 Å². The third-order valence-electron chi connectivity index (χ3n) is 4.20. The van der Waals surface area contributed by atoms with Gasteiger partial charge < -0.3 is 10.1 Å². The Morgan fingerprint density at radius 3 is 2.22 bits per heavy atom. The van der Waals surface area contributed by atoms with E-state index in [0.29, 0.717) is 13.0 Å². The molecule has 0 aliphatic carbocycles. The van der Waals surface area contributed by atoms with Crippen molar-refractivity contribution in [1.82, 2.24) is 10.3 Å². The van der Waals surface area contributed by atoms with Gasteiger partial charge in [0.15, 0.2) is 0 Å². The number of carbonyl (C=O) groups is 2. The molecular formula is C21H27N3O3. The Balaban J connectivity index is 1.93. The Bertz CT molecular complexity index is 707. The van der Waals surface area contributed by atoms with Gasteiger partial charge in [0.25, 0.3) is 0 Å². The Morgan fingerprint density at radius 1 is 1.04 bits per heavy atom. The van der Waals surface area contributed by atoms with Crippen LogP contribution in [0.1, 0.15) is 37.3 Å². The lowest BCUT2D eigenvalue weighted by atomic mass is 10.1. The van der Waals surface area contributed by atoms with Crippen LogP contribution in [0.2, 0.25) is 0 Å². The number of unbranched alkanes of at least 4 members (excludes halogenated alkanes) is 1. The van der Waals surface area contributed by atoms with Crippen LogP contribution in [0.15, 0.2) is 60.7 Å². The third-order valence-corrected chi connectivity index (χ3v) is 4.20. The highest BCUT2D eigenvalue weighted by atomic mass is 16.6. The number of benzene rings is 2. The molecule has 2 aromatic rings. The molecule has 6 nitrogen and oxygen atoms in total. The predicted molar refractivity (Wildman–Crippen MR) is 104 cm³/mol. The normalized spacial score (nSPS) is 11.5. The van der Waals surface area contributed by atoms with E-state index in [1.54, 1.807) is 0 Å². The Hall–Kier alpha value is -2.86. The van der Waals surface area contributed by atoms with E-state index in [2.05, 4.69) is 5.32 Å². The zero-order valence-corrected chi connectivity index (χ0v) is 15.6. The van der Waals surface area contributed by atoms with Gasteiger partial charge in [-0.2, -0.15) is 0 Å². The predicted octanol–water partition coefficient (Wildman–Crippen LogP) is 3.37. The molecule has 0 saturated carbocycles. The van der Waals surface area contributed by atoms with Gasteiger partial charge in [0.1, 0.15) is 12.6 Å². The maximum absolute atomic E-state index is 12.6. The molecule has 0 heterocycles. The van der Waals surface area contributed by atoms with E-state index in [1.165, 1.54) is 0 Å². The van der Waals surface area contributed by atoms with E-state index < -0.39 is 12.1 Å². The summed E-state index contributed by atoms with van der Waals surface area (Å²) >= 11 is 0. The summed E-state index contributed by atoms with van der Waals surface area (Å²) in [6, 6.07) is 18.2. The summed E-state index contributed by atoms with van der Waals surface area (Å²) < 4.78 is 5.25. The van der Waals surface area contributed by atoms with Crippen LogP contribution in [0.4, 0.5) is 4.79 Å². The second-order valence-electron chi connectivity index (χ2n) is 6.31. The summed E-state index contributed by atoms with van der Waals surface area (Å²) in [7, 11) is 0. The van der Waals surface area contributed by atoms with Crippen molar-refractivity contribution in [1.29, 1.82) is 0 Å². The molecule has 0 aliphatic heterocycles. The van der Waals surface area contributed by atoms with Gasteiger partial charge in [-0.3, -0.25) is 4.79 Å². The third kappa shape index (κ3) is 6.75. The molecule has 2 aromatic carbocycles. The van der Waals surface area contributed by atoms with Crippen molar-refractivity contribution >= 4 is 12.0 Å². The number of nitrogens with zero attached hydrogens (tertiary/aromatic N) is 1. The number of hydrogen-bond donors (Lipinski definition) is 2. The fourth-order valence-corrected chi connectivity index (χ4v) is 2.62. The zero-order chi connectivity index (χ0) is 19.5. The fraction of sp³-hybridized carbons (Fsp3) is 0.333. The summed E-state index contributed by atoms with van der Waals surface area (Å²) in [6.45, 7) is 2.52. The average molecular weight is 369 g/mol. The molecular weight excluding hydrogens is 342 g/mol. The minimum absolute atomic E-state index is 0.111. The number of amides is 2. The molecule has 0 spiro atoms.